The van der Waals surface area contributed by atoms with Crippen molar-refractivity contribution in [2.75, 3.05) is 6.61 Å². The van der Waals surface area contributed by atoms with Crippen LogP contribution in [0.1, 0.15) is 255 Å². The predicted molar refractivity (Wildman–Crippen MR) is 380 cm³/mol. The lowest BCUT2D eigenvalue weighted by Gasteiger charge is -2.33. The van der Waals surface area contributed by atoms with E-state index in [2.05, 4.69) is 175 Å². The largest absolute Gasteiger partial charge is 0.493 e. The standard InChI is InChI=1S/C81H92O3S4/c1-7-12-17-22-27-57-31-39-61(40-32-57)80(62-41-33-58(34-42-62)28-23-18-13-8-2)69-49-65(54-82)85-76(69)78-71(80)52-74(87-78)67-51-73(84-47-26-21-16-11-5)68(48-56(67)6)75-53-72-79(88-75)77-70(50-66(55-83)86-77)81(72,63-43-35-59(36-44-63)29-24-19-14-9-3)64-45-37-60(38-46-64)30-25-20-15-10-4/h31-46,48-55H,7-30,47H2,1-6H3. The minimum absolute atomic E-state index is 0.608. The van der Waals surface area contributed by atoms with E-state index in [0.29, 0.717) is 6.61 Å². The van der Waals surface area contributed by atoms with Gasteiger partial charge in [0.15, 0.2) is 12.6 Å². The van der Waals surface area contributed by atoms with E-state index in [-0.39, 0.29) is 0 Å². The number of thiophene rings is 4. The van der Waals surface area contributed by atoms with Crippen LogP contribution in [0.4, 0.5) is 0 Å². The van der Waals surface area contributed by atoms with Crippen LogP contribution in [-0.4, -0.2) is 19.2 Å². The zero-order valence-electron chi connectivity index (χ0n) is 53.4. The van der Waals surface area contributed by atoms with Gasteiger partial charge in [0.1, 0.15) is 5.75 Å². The number of hydrogen-bond donors (Lipinski definition) is 0. The van der Waals surface area contributed by atoms with Crippen molar-refractivity contribution in [3.63, 3.8) is 0 Å². The van der Waals surface area contributed by atoms with Crippen molar-refractivity contribution < 1.29 is 14.3 Å². The van der Waals surface area contributed by atoms with Crippen LogP contribution in [0.25, 0.3) is 40.4 Å². The Morgan fingerprint density at radius 3 is 1.01 bits per heavy atom. The van der Waals surface area contributed by atoms with Crippen LogP contribution < -0.4 is 4.74 Å². The van der Waals surface area contributed by atoms with Gasteiger partial charge in [-0.25, -0.2) is 0 Å². The molecule has 0 N–H and O–H groups in total. The third-order valence-electron chi connectivity index (χ3n) is 19.2. The SMILES string of the molecule is CCCCCCOc1cc(-c2cc3c(s2)-c2sc(C=O)cc2C3(c2ccc(CCCCCC)cc2)c2ccc(CCCCCC)cc2)c(C)cc1-c1cc2c(s1)-c1sc(C=O)cc1C2(c1ccc(CCCCCC)cc1)c1ccc(CCCCCC)cc1. The summed E-state index contributed by atoms with van der Waals surface area (Å²) >= 11 is 7.01. The summed E-state index contributed by atoms with van der Waals surface area (Å²) in [7, 11) is 0. The molecule has 0 unspecified atom stereocenters. The van der Waals surface area contributed by atoms with Gasteiger partial charge in [-0.15, -0.1) is 45.3 Å². The van der Waals surface area contributed by atoms with Crippen LogP contribution in [0.2, 0.25) is 0 Å². The van der Waals surface area contributed by atoms with Crippen molar-refractivity contribution in [2.24, 2.45) is 0 Å². The number of carbonyl (C=O) groups is 2. The highest BCUT2D eigenvalue weighted by Crippen LogP contribution is 2.64. The van der Waals surface area contributed by atoms with Crippen molar-refractivity contribution in [1.29, 1.82) is 0 Å². The second kappa shape index (κ2) is 29.8. The molecule has 0 bridgehead atoms. The zero-order chi connectivity index (χ0) is 61.0. The maximum absolute atomic E-state index is 12.9. The van der Waals surface area contributed by atoms with Crippen LogP contribution in [0, 0.1) is 6.92 Å². The van der Waals surface area contributed by atoms with E-state index in [4.69, 9.17) is 4.74 Å². The molecular formula is C81H92O3S4. The van der Waals surface area contributed by atoms with Crippen molar-refractivity contribution in [2.45, 2.75) is 206 Å². The summed E-state index contributed by atoms with van der Waals surface area (Å²) < 4.78 is 7.16. The monoisotopic (exact) mass is 1240 g/mol. The Morgan fingerprint density at radius 2 is 0.670 bits per heavy atom. The Labute approximate surface area is 543 Å². The van der Waals surface area contributed by atoms with Gasteiger partial charge < -0.3 is 4.74 Å². The van der Waals surface area contributed by atoms with Gasteiger partial charge in [0.2, 0.25) is 0 Å². The van der Waals surface area contributed by atoms with E-state index in [1.165, 1.54) is 223 Å². The van der Waals surface area contributed by atoms with Gasteiger partial charge in [-0.1, -0.05) is 228 Å². The lowest BCUT2D eigenvalue weighted by Crippen LogP contribution is -2.28. The molecule has 3 nitrogen and oxygen atoms in total. The molecule has 4 heterocycles. The summed E-state index contributed by atoms with van der Waals surface area (Å²) in [6.45, 7) is 14.3. The van der Waals surface area contributed by atoms with E-state index in [1.54, 1.807) is 22.7 Å². The Morgan fingerprint density at radius 1 is 0.352 bits per heavy atom. The molecule has 458 valence electrons. The normalized spacial score (nSPS) is 13.4. The van der Waals surface area contributed by atoms with Gasteiger partial charge in [0.25, 0.3) is 0 Å². The van der Waals surface area contributed by atoms with Crippen molar-refractivity contribution in [1.82, 2.24) is 0 Å². The van der Waals surface area contributed by atoms with Crippen molar-refractivity contribution in [3.8, 4) is 46.1 Å². The third kappa shape index (κ3) is 12.9. The van der Waals surface area contributed by atoms with Gasteiger partial charge in [-0.3, -0.25) is 9.59 Å². The molecule has 0 radical (unpaired) electrons. The molecule has 4 aromatic heterocycles. The van der Waals surface area contributed by atoms with E-state index in [0.717, 1.165) is 72.2 Å². The summed E-state index contributed by atoms with van der Waals surface area (Å²) in [4.78, 5) is 34.6. The molecule has 9 aromatic rings. The van der Waals surface area contributed by atoms with Crippen LogP contribution in [0.5, 0.6) is 5.75 Å². The summed E-state index contributed by atoms with van der Waals surface area (Å²) in [5, 5.41) is 0. The highest BCUT2D eigenvalue weighted by Gasteiger charge is 2.51. The molecule has 88 heavy (non-hydrogen) atoms. The summed E-state index contributed by atoms with van der Waals surface area (Å²) in [5.41, 5.74) is 17.8. The molecule has 0 fully saturated rings. The first-order valence-electron chi connectivity index (χ1n) is 33.9. The predicted octanol–water partition coefficient (Wildman–Crippen LogP) is 24.4. The number of carbonyl (C=O) groups excluding carboxylic acids is 2. The summed E-state index contributed by atoms with van der Waals surface area (Å²) in [5.74, 6) is 0.909. The summed E-state index contributed by atoms with van der Waals surface area (Å²) in [6.07, 6.45) is 30.7. The molecule has 2 aliphatic rings. The zero-order valence-corrected chi connectivity index (χ0v) is 56.7. The first-order chi connectivity index (χ1) is 43.2. The molecule has 0 saturated heterocycles. The minimum atomic E-state index is -0.618. The second-order valence-corrected chi connectivity index (χ2v) is 29.6. The van der Waals surface area contributed by atoms with Crippen LogP contribution in [0.15, 0.2) is 133 Å². The Kier molecular flexibility index (Phi) is 21.5. The van der Waals surface area contributed by atoms with Gasteiger partial charge in [0, 0.05) is 15.3 Å². The lowest BCUT2D eigenvalue weighted by atomic mass is 9.68. The molecule has 2 aliphatic carbocycles. The quantitative estimate of drug-likeness (QED) is 0.0298. The first-order valence-corrected chi connectivity index (χ1v) is 37.1. The van der Waals surface area contributed by atoms with Crippen LogP contribution in [0.3, 0.4) is 0 Å². The number of rotatable bonds is 34. The molecule has 0 spiro atoms. The average Bonchev–Trinajstić information content (AvgIpc) is 1.54. The number of ether oxygens (including phenoxy) is 1. The first kappa shape index (κ1) is 63.6. The fraction of sp³-hybridized carbons (Fsp3) is 0.407. The Hall–Kier alpha value is -5.96. The van der Waals surface area contributed by atoms with E-state index < -0.39 is 10.8 Å². The lowest BCUT2D eigenvalue weighted by molar-refractivity contribution is 0.111. The highest BCUT2D eigenvalue weighted by molar-refractivity contribution is 7.25. The fourth-order valence-electron chi connectivity index (χ4n) is 14.3. The van der Waals surface area contributed by atoms with Gasteiger partial charge >= 0.3 is 0 Å². The molecule has 0 amide bonds. The van der Waals surface area contributed by atoms with E-state index in [9.17, 15) is 9.59 Å². The number of aryl methyl sites for hydroxylation is 5. The van der Waals surface area contributed by atoms with E-state index in [1.807, 2.05) is 22.7 Å². The minimum Gasteiger partial charge on any atom is -0.493 e. The molecular weight excluding hydrogens is 1150 g/mol. The van der Waals surface area contributed by atoms with Gasteiger partial charge in [0.05, 0.1) is 46.7 Å². The number of fused-ring (bicyclic) bond motifs is 6. The smallest absolute Gasteiger partial charge is 0.160 e. The fourth-order valence-corrected chi connectivity index (χ4v) is 19.2. The highest BCUT2D eigenvalue weighted by atomic mass is 32.1. The van der Waals surface area contributed by atoms with Gasteiger partial charge in [-0.05, 0) is 179 Å². The topological polar surface area (TPSA) is 43.4 Å². The summed E-state index contributed by atoms with van der Waals surface area (Å²) in [6, 6.07) is 52.3. The molecule has 5 aromatic carbocycles. The Balaban J connectivity index is 1.05. The van der Waals surface area contributed by atoms with Crippen LogP contribution in [-0.2, 0) is 36.5 Å². The number of benzene rings is 5. The molecule has 0 aliphatic heterocycles. The maximum atomic E-state index is 12.9. The number of hydrogen-bond acceptors (Lipinski definition) is 7. The van der Waals surface area contributed by atoms with Crippen molar-refractivity contribution in [3.05, 3.63) is 216 Å². The molecule has 0 atom stereocenters. The molecule has 7 heteroatoms. The molecule has 0 saturated carbocycles. The number of unbranched alkanes of at least 4 members (excludes halogenated alkanes) is 15. The number of aldehydes is 2. The average molecular weight is 1240 g/mol. The molecule has 11 rings (SSSR count). The van der Waals surface area contributed by atoms with Gasteiger partial charge in [-0.2, -0.15) is 0 Å². The third-order valence-corrected chi connectivity index (χ3v) is 23.9. The Bertz CT molecular complexity index is 3640. The van der Waals surface area contributed by atoms with E-state index >= 15 is 0 Å². The van der Waals surface area contributed by atoms with Crippen molar-refractivity contribution >= 4 is 57.9 Å². The van der Waals surface area contributed by atoms with Crippen LogP contribution >= 0.6 is 45.3 Å². The second-order valence-electron chi connectivity index (χ2n) is 25.3. The maximum Gasteiger partial charge on any atom is 0.160 e.